The number of hydrogen-bond acceptors (Lipinski definition) is 1. The lowest BCUT2D eigenvalue weighted by molar-refractivity contribution is -0.138. The van der Waals surface area contributed by atoms with Gasteiger partial charge in [-0.2, -0.15) is 13.2 Å². The van der Waals surface area contributed by atoms with Gasteiger partial charge in [-0.05, 0) is 29.5 Å². The Morgan fingerprint density at radius 3 is 2.50 bits per heavy atom. The molecular weight excluding hydrogens is 215 g/mol. The minimum Gasteiger partial charge on any atom is -0.384 e. The lowest BCUT2D eigenvalue weighted by Gasteiger charge is -2.17. The van der Waals surface area contributed by atoms with Crippen LogP contribution in [0.2, 0.25) is 0 Å². The molecule has 1 nitrogen and oxygen atoms in total. The summed E-state index contributed by atoms with van der Waals surface area (Å²) in [5.74, 6) is -0.109. The number of nitrogens with one attached hydrogen (secondary N) is 1. The van der Waals surface area contributed by atoms with Gasteiger partial charge in [0, 0.05) is 12.2 Å². The highest BCUT2D eigenvalue weighted by Gasteiger charge is 2.35. The van der Waals surface area contributed by atoms with Crippen molar-refractivity contribution >= 4 is 5.69 Å². The summed E-state index contributed by atoms with van der Waals surface area (Å²) in [4.78, 5) is 0. The largest absolute Gasteiger partial charge is 0.416 e. The van der Waals surface area contributed by atoms with Crippen LogP contribution in [0.25, 0.3) is 0 Å². The topological polar surface area (TPSA) is 12.0 Å². The molecule has 0 aliphatic carbocycles. The molecule has 1 aliphatic rings. The molecule has 1 heterocycles. The predicted molar refractivity (Wildman–Crippen MR) is 57.7 cm³/mol. The number of alkyl halides is 3. The van der Waals surface area contributed by atoms with Gasteiger partial charge in [0.25, 0.3) is 0 Å². The molecule has 0 atom stereocenters. The molecule has 0 aromatic heterocycles. The van der Waals surface area contributed by atoms with Crippen LogP contribution in [0.1, 0.15) is 36.5 Å². The van der Waals surface area contributed by atoms with Gasteiger partial charge in [-0.1, -0.05) is 19.9 Å². The van der Waals surface area contributed by atoms with Gasteiger partial charge in [0.1, 0.15) is 0 Å². The highest BCUT2D eigenvalue weighted by molar-refractivity contribution is 5.60. The second-order valence-corrected chi connectivity index (χ2v) is 4.43. The fraction of sp³-hybridized carbons (Fsp3) is 0.500. The van der Waals surface area contributed by atoms with E-state index in [9.17, 15) is 13.2 Å². The van der Waals surface area contributed by atoms with E-state index in [2.05, 4.69) is 5.32 Å². The lowest BCUT2D eigenvalue weighted by Crippen LogP contribution is -2.11. The predicted octanol–water partition coefficient (Wildman–Crippen LogP) is 3.80. The number of anilines is 1. The maximum atomic E-state index is 12.8. The quantitative estimate of drug-likeness (QED) is 0.772. The summed E-state index contributed by atoms with van der Waals surface area (Å²) in [6.45, 7) is 4.31. The van der Waals surface area contributed by atoms with Crippen molar-refractivity contribution in [2.24, 2.45) is 0 Å². The van der Waals surface area contributed by atoms with Crippen LogP contribution < -0.4 is 5.32 Å². The van der Waals surface area contributed by atoms with Crippen LogP contribution in [0.3, 0.4) is 0 Å². The molecule has 0 unspecified atom stereocenters. The Hall–Kier alpha value is -1.19. The van der Waals surface area contributed by atoms with E-state index in [1.165, 1.54) is 6.07 Å². The smallest absolute Gasteiger partial charge is 0.384 e. The van der Waals surface area contributed by atoms with Gasteiger partial charge in [-0.25, -0.2) is 0 Å². The number of halogens is 3. The number of rotatable bonds is 1. The Balaban J connectivity index is 2.58. The van der Waals surface area contributed by atoms with Crippen LogP contribution in [0.15, 0.2) is 12.1 Å². The highest BCUT2D eigenvalue weighted by Crippen LogP contribution is 2.39. The normalized spacial score (nSPS) is 15.1. The fourth-order valence-corrected chi connectivity index (χ4v) is 2.09. The molecule has 0 radical (unpaired) electrons. The summed E-state index contributed by atoms with van der Waals surface area (Å²) in [5, 5.41) is 2.98. The summed E-state index contributed by atoms with van der Waals surface area (Å²) in [6, 6.07) is 2.94. The van der Waals surface area contributed by atoms with Gasteiger partial charge in [0.05, 0.1) is 5.56 Å². The number of hydrogen-bond donors (Lipinski definition) is 1. The average Bonchev–Trinajstić information content (AvgIpc) is 2.60. The third-order valence-corrected chi connectivity index (χ3v) is 2.91. The maximum absolute atomic E-state index is 12.8. The van der Waals surface area contributed by atoms with Crippen molar-refractivity contribution in [3.05, 3.63) is 28.8 Å². The Labute approximate surface area is 92.7 Å². The van der Waals surface area contributed by atoms with Crippen molar-refractivity contribution in [1.82, 2.24) is 0 Å². The van der Waals surface area contributed by atoms with Crippen molar-refractivity contribution in [2.75, 3.05) is 11.9 Å². The van der Waals surface area contributed by atoms with Crippen molar-refractivity contribution in [3.63, 3.8) is 0 Å². The first-order valence-corrected chi connectivity index (χ1v) is 5.37. The minimum absolute atomic E-state index is 0.109. The van der Waals surface area contributed by atoms with Gasteiger partial charge in [-0.3, -0.25) is 0 Å². The molecule has 1 aromatic carbocycles. The standard InChI is InChI=1S/C12H14F3N/c1-7(2)9-5-8-3-4-16-11(8)6-10(9)12(13,14)15/h5-7,16H,3-4H2,1-2H3. The van der Waals surface area contributed by atoms with E-state index in [0.29, 0.717) is 11.3 Å². The van der Waals surface area contributed by atoms with Gasteiger partial charge < -0.3 is 5.32 Å². The van der Waals surface area contributed by atoms with Crippen LogP contribution in [0.4, 0.5) is 18.9 Å². The van der Waals surface area contributed by atoms with Crippen LogP contribution >= 0.6 is 0 Å². The first-order valence-electron chi connectivity index (χ1n) is 5.37. The van der Waals surface area contributed by atoms with Gasteiger partial charge in [-0.15, -0.1) is 0 Å². The minimum atomic E-state index is -4.26. The first-order chi connectivity index (χ1) is 7.39. The van der Waals surface area contributed by atoms with E-state index in [-0.39, 0.29) is 5.92 Å². The van der Waals surface area contributed by atoms with E-state index >= 15 is 0 Å². The van der Waals surface area contributed by atoms with E-state index in [1.54, 1.807) is 19.9 Å². The summed E-state index contributed by atoms with van der Waals surface area (Å²) >= 11 is 0. The third-order valence-electron chi connectivity index (χ3n) is 2.91. The van der Waals surface area contributed by atoms with Crippen molar-refractivity contribution < 1.29 is 13.2 Å². The summed E-state index contributed by atoms with van der Waals surface area (Å²) in [7, 11) is 0. The summed E-state index contributed by atoms with van der Waals surface area (Å²) < 4.78 is 38.5. The highest BCUT2D eigenvalue weighted by atomic mass is 19.4. The van der Waals surface area contributed by atoms with E-state index in [1.807, 2.05) is 0 Å². The molecule has 1 N–H and O–H groups in total. The fourth-order valence-electron chi connectivity index (χ4n) is 2.09. The van der Waals surface area contributed by atoms with Crippen LogP contribution in [-0.4, -0.2) is 6.54 Å². The zero-order valence-corrected chi connectivity index (χ0v) is 9.28. The zero-order valence-electron chi connectivity index (χ0n) is 9.28. The van der Waals surface area contributed by atoms with E-state index in [4.69, 9.17) is 0 Å². The molecule has 0 amide bonds. The Morgan fingerprint density at radius 1 is 1.25 bits per heavy atom. The van der Waals surface area contributed by atoms with Crippen molar-refractivity contribution in [2.45, 2.75) is 32.4 Å². The van der Waals surface area contributed by atoms with Crippen LogP contribution in [-0.2, 0) is 12.6 Å². The van der Waals surface area contributed by atoms with Crippen LogP contribution in [0.5, 0.6) is 0 Å². The monoisotopic (exact) mass is 229 g/mol. The van der Waals surface area contributed by atoms with Crippen molar-refractivity contribution in [1.29, 1.82) is 0 Å². The molecular formula is C12H14F3N. The molecule has 1 aliphatic heterocycles. The summed E-state index contributed by atoms with van der Waals surface area (Å²) in [6.07, 6.45) is -3.45. The number of benzene rings is 1. The van der Waals surface area contributed by atoms with Gasteiger partial charge in [0.2, 0.25) is 0 Å². The SMILES string of the molecule is CC(C)c1cc2c(cc1C(F)(F)F)NCC2. The first kappa shape index (κ1) is 11.3. The lowest BCUT2D eigenvalue weighted by atomic mass is 9.93. The Bertz CT molecular complexity index is 407. The maximum Gasteiger partial charge on any atom is 0.416 e. The van der Waals surface area contributed by atoms with Crippen molar-refractivity contribution in [3.8, 4) is 0 Å². The summed E-state index contributed by atoms with van der Waals surface area (Å²) in [5.41, 5.74) is 1.53. The van der Waals surface area contributed by atoms with E-state index in [0.717, 1.165) is 18.5 Å². The number of fused-ring (bicyclic) bond motifs is 1. The molecule has 0 bridgehead atoms. The third kappa shape index (κ3) is 1.88. The average molecular weight is 229 g/mol. The van der Waals surface area contributed by atoms with Crippen LogP contribution in [0, 0.1) is 0 Å². The molecule has 1 aromatic rings. The molecule has 2 rings (SSSR count). The molecule has 4 heteroatoms. The molecule has 88 valence electrons. The Morgan fingerprint density at radius 2 is 1.94 bits per heavy atom. The molecule has 16 heavy (non-hydrogen) atoms. The second-order valence-electron chi connectivity index (χ2n) is 4.43. The van der Waals surface area contributed by atoms with E-state index < -0.39 is 11.7 Å². The molecule has 0 saturated carbocycles. The van der Waals surface area contributed by atoms with Gasteiger partial charge >= 0.3 is 6.18 Å². The second kappa shape index (κ2) is 3.68. The van der Waals surface area contributed by atoms with Gasteiger partial charge in [0.15, 0.2) is 0 Å². The zero-order chi connectivity index (χ0) is 11.9. The molecule has 0 saturated heterocycles. The molecule has 0 spiro atoms. The molecule has 0 fully saturated rings. The Kier molecular flexibility index (Phi) is 2.60.